The lowest BCUT2D eigenvalue weighted by atomic mass is 10.1. The van der Waals surface area contributed by atoms with E-state index >= 15 is 0 Å². The summed E-state index contributed by atoms with van der Waals surface area (Å²) in [6, 6.07) is 17.9. The second-order valence-electron chi connectivity index (χ2n) is 8.10. The Kier molecular flexibility index (Phi) is 5.49. The van der Waals surface area contributed by atoms with Gasteiger partial charge in [0.1, 0.15) is 11.6 Å². The van der Waals surface area contributed by atoms with Gasteiger partial charge in [0.2, 0.25) is 0 Å². The predicted molar refractivity (Wildman–Crippen MR) is 128 cm³/mol. The van der Waals surface area contributed by atoms with Crippen LogP contribution >= 0.6 is 11.6 Å². The second-order valence-corrected chi connectivity index (χ2v) is 8.54. The zero-order chi connectivity index (χ0) is 22.2. The Labute approximate surface area is 192 Å². The van der Waals surface area contributed by atoms with Crippen molar-refractivity contribution in [2.45, 2.75) is 25.8 Å². The average Bonchev–Trinajstić information content (AvgIpc) is 3.42. The fourth-order valence-electron chi connectivity index (χ4n) is 4.51. The molecule has 0 amide bonds. The summed E-state index contributed by atoms with van der Waals surface area (Å²) >= 11 is 6.14. The molecule has 0 bridgehead atoms. The van der Waals surface area contributed by atoms with E-state index in [0.717, 1.165) is 64.7 Å². The van der Waals surface area contributed by atoms with Gasteiger partial charge in [0.25, 0.3) is 0 Å². The summed E-state index contributed by atoms with van der Waals surface area (Å²) in [5, 5.41) is 15.4. The largest absolute Gasteiger partial charge is 0.497 e. The summed E-state index contributed by atoms with van der Waals surface area (Å²) in [6.45, 7) is 3.00. The standard InChI is InChI=1S/C25H25ClN4O2/c1-16-24(18-7-11-21(32-2)12-8-18)25-27-23(29-13-3-4-20(29)15-31)14-22(30(25)28-16)17-5-9-19(26)10-6-17/h5-12,14,20,31H,3-4,13,15H2,1-2H3. The molecule has 3 heterocycles. The molecule has 4 aromatic rings. The van der Waals surface area contributed by atoms with Crippen LogP contribution in [0.2, 0.25) is 5.02 Å². The Morgan fingerprint density at radius 2 is 1.81 bits per heavy atom. The van der Waals surface area contributed by atoms with Crippen LogP contribution in [0.4, 0.5) is 5.82 Å². The van der Waals surface area contributed by atoms with Crippen molar-refractivity contribution >= 4 is 23.1 Å². The molecule has 1 fully saturated rings. The van der Waals surface area contributed by atoms with Crippen LogP contribution in [0.15, 0.2) is 54.6 Å². The van der Waals surface area contributed by atoms with E-state index in [1.807, 2.05) is 60.0 Å². The molecule has 0 spiro atoms. The van der Waals surface area contributed by atoms with Crippen molar-refractivity contribution in [1.82, 2.24) is 14.6 Å². The van der Waals surface area contributed by atoms with E-state index in [2.05, 4.69) is 11.0 Å². The molecule has 2 aromatic carbocycles. The number of halogens is 1. The van der Waals surface area contributed by atoms with Gasteiger partial charge in [-0.05, 0) is 49.6 Å². The monoisotopic (exact) mass is 448 g/mol. The number of nitrogens with zero attached hydrogens (tertiary/aromatic N) is 4. The third-order valence-electron chi connectivity index (χ3n) is 6.15. The second kappa shape index (κ2) is 8.45. The molecule has 1 N–H and O–H groups in total. The van der Waals surface area contributed by atoms with Crippen LogP contribution in [0, 0.1) is 6.92 Å². The molecule has 5 rings (SSSR count). The maximum Gasteiger partial charge on any atom is 0.166 e. The molecule has 7 heteroatoms. The lowest BCUT2D eigenvalue weighted by Gasteiger charge is -2.25. The van der Waals surface area contributed by atoms with E-state index in [4.69, 9.17) is 26.4 Å². The molecule has 0 radical (unpaired) electrons. The van der Waals surface area contributed by atoms with Crippen LogP contribution in [0.5, 0.6) is 5.75 Å². The number of methoxy groups -OCH3 is 1. The number of aryl methyl sites for hydroxylation is 1. The average molecular weight is 449 g/mol. The van der Waals surface area contributed by atoms with Crippen molar-refractivity contribution in [2.24, 2.45) is 0 Å². The van der Waals surface area contributed by atoms with Gasteiger partial charge < -0.3 is 14.7 Å². The summed E-state index contributed by atoms with van der Waals surface area (Å²) in [7, 11) is 1.66. The van der Waals surface area contributed by atoms with E-state index in [1.165, 1.54) is 0 Å². The Morgan fingerprint density at radius 1 is 1.09 bits per heavy atom. The Hall–Kier alpha value is -3.09. The van der Waals surface area contributed by atoms with Crippen LogP contribution in [-0.4, -0.2) is 46.0 Å². The molecule has 1 unspecified atom stereocenters. The summed E-state index contributed by atoms with van der Waals surface area (Å²) in [4.78, 5) is 7.26. The van der Waals surface area contributed by atoms with Gasteiger partial charge in [0.05, 0.1) is 31.1 Å². The molecule has 32 heavy (non-hydrogen) atoms. The molecule has 1 aliphatic heterocycles. The minimum absolute atomic E-state index is 0.0801. The highest BCUT2D eigenvalue weighted by Gasteiger charge is 2.27. The van der Waals surface area contributed by atoms with Crippen molar-refractivity contribution in [3.05, 3.63) is 65.3 Å². The van der Waals surface area contributed by atoms with Crippen LogP contribution in [-0.2, 0) is 0 Å². The normalized spacial score (nSPS) is 16.1. The third kappa shape index (κ3) is 3.59. The zero-order valence-corrected chi connectivity index (χ0v) is 18.9. The van der Waals surface area contributed by atoms with Crippen molar-refractivity contribution in [2.75, 3.05) is 25.2 Å². The van der Waals surface area contributed by atoms with Crippen molar-refractivity contribution < 1.29 is 9.84 Å². The fraction of sp³-hybridized carbons (Fsp3) is 0.280. The zero-order valence-electron chi connectivity index (χ0n) is 18.1. The van der Waals surface area contributed by atoms with Gasteiger partial charge in [-0.1, -0.05) is 35.9 Å². The molecule has 1 saturated heterocycles. The SMILES string of the molecule is COc1ccc(-c2c(C)nn3c(-c4ccc(Cl)cc4)cc(N4CCCC4CO)nc23)cc1. The number of benzene rings is 2. The van der Waals surface area contributed by atoms with Gasteiger partial charge in [-0.2, -0.15) is 5.10 Å². The number of hydrogen-bond acceptors (Lipinski definition) is 5. The summed E-state index contributed by atoms with van der Waals surface area (Å²) in [5.74, 6) is 1.66. The molecule has 1 atom stereocenters. The minimum atomic E-state index is 0.0801. The van der Waals surface area contributed by atoms with Crippen LogP contribution < -0.4 is 9.64 Å². The molecule has 0 saturated carbocycles. The quantitative estimate of drug-likeness (QED) is 0.465. The van der Waals surface area contributed by atoms with Gasteiger partial charge in [0.15, 0.2) is 5.65 Å². The van der Waals surface area contributed by atoms with Crippen LogP contribution in [0.25, 0.3) is 28.0 Å². The van der Waals surface area contributed by atoms with Gasteiger partial charge >= 0.3 is 0 Å². The number of hydrogen-bond donors (Lipinski definition) is 1. The van der Waals surface area contributed by atoms with Crippen molar-refractivity contribution in [1.29, 1.82) is 0 Å². The van der Waals surface area contributed by atoms with E-state index in [1.54, 1.807) is 7.11 Å². The number of fused-ring (bicyclic) bond motifs is 1. The maximum atomic E-state index is 9.90. The summed E-state index contributed by atoms with van der Waals surface area (Å²) in [6.07, 6.45) is 2.00. The van der Waals surface area contributed by atoms with Crippen molar-refractivity contribution in [3.63, 3.8) is 0 Å². The number of rotatable bonds is 5. The Balaban J connectivity index is 1.75. The highest BCUT2D eigenvalue weighted by Crippen LogP contribution is 2.35. The highest BCUT2D eigenvalue weighted by molar-refractivity contribution is 6.30. The van der Waals surface area contributed by atoms with Crippen LogP contribution in [0.1, 0.15) is 18.5 Å². The molecule has 1 aliphatic rings. The van der Waals surface area contributed by atoms with Gasteiger partial charge in [-0.3, -0.25) is 0 Å². The molecular formula is C25H25ClN4O2. The van der Waals surface area contributed by atoms with E-state index in [-0.39, 0.29) is 12.6 Å². The Morgan fingerprint density at radius 3 is 2.50 bits per heavy atom. The molecular weight excluding hydrogens is 424 g/mol. The summed E-state index contributed by atoms with van der Waals surface area (Å²) in [5.41, 5.74) is 5.66. The smallest absolute Gasteiger partial charge is 0.166 e. The maximum absolute atomic E-state index is 9.90. The van der Waals surface area contributed by atoms with Gasteiger partial charge in [-0.25, -0.2) is 9.50 Å². The predicted octanol–water partition coefficient (Wildman–Crippen LogP) is 4.99. The first-order chi connectivity index (χ1) is 15.6. The topological polar surface area (TPSA) is 62.9 Å². The number of aromatic nitrogens is 3. The third-order valence-corrected chi connectivity index (χ3v) is 6.40. The summed E-state index contributed by atoms with van der Waals surface area (Å²) < 4.78 is 7.23. The molecule has 164 valence electrons. The lowest BCUT2D eigenvalue weighted by Crippen LogP contribution is -2.32. The van der Waals surface area contributed by atoms with Gasteiger partial charge in [-0.15, -0.1) is 0 Å². The van der Waals surface area contributed by atoms with E-state index in [9.17, 15) is 5.11 Å². The highest BCUT2D eigenvalue weighted by atomic mass is 35.5. The molecule has 0 aliphatic carbocycles. The first kappa shape index (κ1) is 20.8. The first-order valence-electron chi connectivity index (χ1n) is 10.8. The number of aliphatic hydroxyl groups excluding tert-OH is 1. The van der Waals surface area contributed by atoms with Gasteiger partial charge in [0, 0.05) is 28.8 Å². The van der Waals surface area contributed by atoms with Crippen LogP contribution in [0.3, 0.4) is 0 Å². The number of aliphatic hydroxyl groups is 1. The van der Waals surface area contributed by atoms with E-state index < -0.39 is 0 Å². The Bertz CT molecular complexity index is 1250. The molecule has 6 nitrogen and oxygen atoms in total. The number of ether oxygens (including phenoxy) is 1. The molecule has 2 aromatic heterocycles. The van der Waals surface area contributed by atoms with E-state index in [0.29, 0.717) is 5.02 Å². The minimum Gasteiger partial charge on any atom is -0.497 e. The first-order valence-corrected chi connectivity index (χ1v) is 11.1. The lowest BCUT2D eigenvalue weighted by molar-refractivity contribution is 0.266. The fourth-order valence-corrected chi connectivity index (χ4v) is 4.63. The van der Waals surface area contributed by atoms with Crippen molar-refractivity contribution in [3.8, 4) is 28.1 Å². The number of anilines is 1.